The van der Waals surface area contributed by atoms with Crippen LogP contribution in [0.5, 0.6) is 0 Å². The minimum Gasteiger partial charge on any atom is -0.305 e. The number of hydrogen-bond donors (Lipinski definition) is 3. The van der Waals surface area contributed by atoms with Gasteiger partial charge in [-0.05, 0) is 12.8 Å². The van der Waals surface area contributed by atoms with Gasteiger partial charge in [0.2, 0.25) is 0 Å². The summed E-state index contributed by atoms with van der Waals surface area (Å²) in [5, 5.41) is 11.6. The van der Waals surface area contributed by atoms with Crippen LogP contribution < -0.4 is 10.6 Å². The first kappa shape index (κ1) is 10.7. The maximum absolute atomic E-state index is 11.6. The normalized spacial score (nSPS) is 14.2. The van der Waals surface area contributed by atoms with E-state index < -0.39 is 0 Å². The monoisotopic (exact) mass is 244 g/mol. The molecule has 0 aromatic carbocycles. The fourth-order valence-corrected chi connectivity index (χ4v) is 1.57. The van der Waals surface area contributed by atoms with Gasteiger partial charge in [-0.15, -0.1) is 0 Å². The van der Waals surface area contributed by atoms with E-state index in [1.165, 1.54) is 6.20 Å². The lowest BCUT2D eigenvalue weighted by molar-refractivity contribution is 0.262. The van der Waals surface area contributed by atoms with Crippen molar-refractivity contribution in [2.75, 3.05) is 10.6 Å². The molecule has 0 radical (unpaired) electrons. The number of carbonyl (C=O) groups is 1. The number of aromatic nitrogens is 4. The van der Waals surface area contributed by atoms with Gasteiger partial charge in [-0.3, -0.25) is 5.10 Å². The quantitative estimate of drug-likeness (QED) is 0.766. The summed E-state index contributed by atoms with van der Waals surface area (Å²) in [6.07, 6.45) is 8.67. The Hall–Kier alpha value is -2.44. The van der Waals surface area contributed by atoms with Crippen molar-refractivity contribution in [3.63, 3.8) is 0 Å². The van der Waals surface area contributed by atoms with Gasteiger partial charge in [0.25, 0.3) is 0 Å². The van der Waals surface area contributed by atoms with Gasteiger partial charge in [0.05, 0.1) is 30.0 Å². The first-order valence-electron chi connectivity index (χ1n) is 5.70. The summed E-state index contributed by atoms with van der Waals surface area (Å²) >= 11 is 0. The van der Waals surface area contributed by atoms with Gasteiger partial charge in [0.15, 0.2) is 0 Å². The summed E-state index contributed by atoms with van der Waals surface area (Å²) in [4.78, 5) is 20.0. The molecule has 2 aromatic rings. The van der Waals surface area contributed by atoms with E-state index in [1.54, 1.807) is 18.6 Å². The lowest BCUT2D eigenvalue weighted by Gasteiger charge is -2.05. The Bertz CT molecular complexity index is 531. The number of nitrogens with zero attached hydrogens (tertiary/aromatic N) is 3. The van der Waals surface area contributed by atoms with Crippen LogP contribution in [-0.4, -0.2) is 26.2 Å². The summed E-state index contributed by atoms with van der Waals surface area (Å²) in [6.45, 7) is 0. The molecule has 18 heavy (non-hydrogen) atoms. The second kappa shape index (κ2) is 4.44. The molecule has 0 unspecified atom stereocenters. The summed E-state index contributed by atoms with van der Waals surface area (Å²) in [5.74, 6) is 1.37. The fourth-order valence-electron chi connectivity index (χ4n) is 1.57. The van der Waals surface area contributed by atoms with Gasteiger partial charge >= 0.3 is 6.03 Å². The van der Waals surface area contributed by atoms with Crippen LogP contribution in [-0.2, 0) is 0 Å². The summed E-state index contributed by atoms with van der Waals surface area (Å²) < 4.78 is 0. The van der Waals surface area contributed by atoms with E-state index >= 15 is 0 Å². The molecular formula is C11H12N6O. The van der Waals surface area contributed by atoms with Crippen LogP contribution in [0.2, 0.25) is 0 Å². The largest absolute Gasteiger partial charge is 0.323 e. The highest BCUT2D eigenvalue weighted by atomic mass is 16.2. The van der Waals surface area contributed by atoms with Crippen molar-refractivity contribution in [2.45, 2.75) is 18.8 Å². The summed E-state index contributed by atoms with van der Waals surface area (Å²) in [6, 6.07) is -0.348. The van der Waals surface area contributed by atoms with E-state index in [9.17, 15) is 4.79 Å². The number of aromatic amines is 1. The zero-order valence-electron chi connectivity index (χ0n) is 9.55. The zero-order valence-corrected chi connectivity index (χ0v) is 9.55. The van der Waals surface area contributed by atoms with E-state index in [0.717, 1.165) is 18.7 Å². The molecule has 0 spiro atoms. The van der Waals surface area contributed by atoms with E-state index in [1.807, 2.05) is 0 Å². The van der Waals surface area contributed by atoms with E-state index in [2.05, 4.69) is 30.8 Å². The van der Waals surface area contributed by atoms with Crippen molar-refractivity contribution in [1.82, 2.24) is 20.2 Å². The molecule has 3 rings (SSSR count). The van der Waals surface area contributed by atoms with Crippen LogP contribution in [0.4, 0.5) is 16.2 Å². The number of amides is 2. The molecule has 3 N–H and O–H groups in total. The highest BCUT2D eigenvalue weighted by Crippen LogP contribution is 2.37. The molecular weight excluding hydrogens is 232 g/mol. The van der Waals surface area contributed by atoms with Crippen molar-refractivity contribution in [1.29, 1.82) is 0 Å². The first-order valence-corrected chi connectivity index (χ1v) is 5.70. The van der Waals surface area contributed by atoms with E-state index in [-0.39, 0.29) is 6.03 Å². The number of H-pyrrole nitrogens is 1. The molecule has 1 saturated carbocycles. The minimum absolute atomic E-state index is 0.348. The van der Waals surface area contributed by atoms with Crippen molar-refractivity contribution in [2.24, 2.45) is 0 Å². The van der Waals surface area contributed by atoms with Gasteiger partial charge in [-0.25, -0.2) is 14.8 Å². The summed E-state index contributed by atoms with van der Waals surface area (Å²) in [5.41, 5.74) is 1.17. The Morgan fingerprint density at radius 1 is 1.17 bits per heavy atom. The number of urea groups is 1. The predicted octanol–water partition coefficient (Wildman–Crippen LogP) is 1.72. The highest BCUT2D eigenvalue weighted by Gasteiger charge is 2.26. The van der Waals surface area contributed by atoms with Crippen LogP contribution in [0.25, 0.3) is 0 Å². The molecule has 0 aliphatic heterocycles. The Labute approximate surface area is 103 Å². The molecule has 7 nitrogen and oxygen atoms in total. The van der Waals surface area contributed by atoms with Gasteiger partial charge in [0.1, 0.15) is 5.82 Å². The average molecular weight is 244 g/mol. The highest BCUT2D eigenvalue weighted by molar-refractivity contribution is 5.99. The number of hydrogen-bond acceptors (Lipinski definition) is 4. The maximum atomic E-state index is 11.6. The van der Waals surface area contributed by atoms with Gasteiger partial charge in [-0.1, -0.05) is 0 Å². The van der Waals surface area contributed by atoms with Crippen molar-refractivity contribution < 1.29 is 4.79 Å². The van der Waals surface area contributed by atoms with Crippen LogP contribution in [0, 0.1) is 0 Å². The van der Waals surface area contributed by atoms with Crippen LogP contribution >= 0.6 is 0 Å². The molecule has 92 valence electrons. The van der Waals surface area contributed by atoms with Crippen molar-refractivity contribution >= 4 is 17.4 Å². The fraction of sp³-hybridized carbons (Fsp3) is 0.273. The van der Waals surface area contributed by atoms with E-state index in [0.29, 0.717) is 17.3 Å². The van der Waals surface area contributed by atoms with Gasteiger partial charge in [-0.2, -0.15) is 5.10 Å². The van der Waals surface area contributed by atoms with Crippen LogP contribution in [0.3, 0.4) is 0 Å². The molecule has 0 saturated heterocycles. The second-order valence-corrected chi connectivity index (χ2v) is 4.17. The topological polar surface area (TPSA) is 95.6 Å². The third-order valence-electron chi connectivity index (χ3n) is 2.63. The lowest BCUT2D eigenvalue weighted by atomic mass is 10.4. The molecule has 0 atom stereocenters. The van der Waals surface area contributed by atoms with Gasteiger partial charge in [0, 0.05) is 12.1 Å². The Kier molecular flexibility index (Phi) is 2.64. The average Bonchev–Trinajstić information content (AvgIpc) is 3.09. The Morgan fingerprint density at radius 2 is 1.89 bits per heavy atom. The smallest absolute Gasteiger partial charge is 0.305 e. The zero-order chi connectivity index (χ0) is 12.4. The van der Waals surface area contributed by atoms with Crippen molar-refractivity contribution in [3.8, 4) is 0 Å². The Balaban J connectivity index is 1.59. The predicted molar refractivity (Wildman–Crippen MR) is 65.2 cm³/mol. The first-order chi connectivity index (χ1) is 8.81. The SMILES string of the molecule is O=C(Nc1cnc(C2CC2)nc1)Nc1cn[nH]c1. The Morgan fingerprint density at radius 3 is 2.50 bits per heavy atom. The molecule has 0 bridgehead atoms. The number of rotatable bonds is 3. The standard InChI is InChI=1S/C11H12N6O/c18-11(17-9-5-14-15-6-9)16-8-3-12-10(13-4-8)7-1-2-7/h3-7H,1-2H2,(H,14,15)(H2,16,17,18). The number of nitrogens with one attached hydrogen (secondary N) is 3. The van der Waals surface area contributed by atoms with Gasteiger partial charge < -0.3 is 10.6 Å². The molecule has 7 heteroatoms. The third kappa shape index (κ3) is 2.45. The maximum Gasteiger partial charge on any atom is 0.323 e. The van der Waals surface area contributed by atoms with Crippen LogP contribution in [0.15, 0.2) is 24.8 Å². The van der Waals surface area contributed by atoms with E-state index in [4.69, 9.17) is 0 Å². The third-order valence-corrected chi connectivity index (χ3v) is 2.63. The summed E-state index contributed by atoms with van der Waals surface area (Å²) in [7, 11) is 0. The molecule has 1 aliphatic carbocycles. The van der Waals surface area contributed by atoms with Crippen LogP contribution in [0.1, 0.15) is 24.6 Å². The second-order valence-electron chi connectivity index (χ2n) is 4.17. The molecule has 2 aromatic heterocycles. The van der Waals surface area contributed by atoms with Crippen molar-refractivity contribution in [3.05, 3.63) is 30.6 Å². The molecule has 2 amide bonds. The number of carbonyl (C=O) groups excluding carboxylic acids is 1. The molecule has 1 aliphatic rings. The molecule has 2 heterocycles. The minimum atomic E-state index is -0.348. The molecule has 1 fully saturated rings. The number of anilines is 2. The lowest BCUT2D eigenvalue weighted by Crippen LogP contribution is -2.19.